The molecular formula is C13H19NO3. The van der Waals surface area contributed by atoms with Crippen molar-refractivity contribution in [2.45, 2.75) is 33.4 Å². The summed E-state index contributed by atoms with van der Waals surface area (Å²) < 4.78 is 0. The number of phenols is 1. The van der Waals surface area contributed by atoms with Crippen LogP contribution in [0.25, 0.3) is 0 Å². The molecular weight excluding hydrogens is 218 g/mol. The van der Waals surface area contributed by atoms with Gasteiger partial charge in [-0.1, -0.05) is 31.5 Å². The summed E-state index contributed by atoms with van der Waals surface area (Å²) in [4.78, 5) is 11.0. The zero-order chi connectivity index (χ0) is 13.0. The van der Waals surface area contributed by atoms with Crippen LogP contribution in [0.2, 0.25) is 0 Å². The van der Waals surface area contributed by atoms with E-state index in [1.807, 2.05) is 32.9 Å². The SMILES string of the molecule is Cc1ccc(O)c(CNC(C(=O)O)C(C)C)c1. The number of carbonyl (C=O) groups is 1. The first kappa shape index (κ1) is 13.5. The van der Waals surface area contributed by atoms with E-state index in [0.717, 1.165) is 11.1 Å². The number of aliphatic carboxylic acids is 1. The number of nitrogens with one attached hydrogen (secondary N) is 1. The summed E-state index contributed by atoms with van der Waals surface area (Å²) in [7, 11) is 0. The Morgan fingerprint density at radius 1 is 1.41 bits per heavy atom. The lowest BCUT2D eigenvalue weighted by molar-refractivity contribution is -0.140. The Bertz CT molecular complexity index is 402. The summed E-state index contributed by atoms with van der Waals surface area (Å²) in [5.41, 5.74) is 1.76. The Morgan fingerprint density at radius 3 is 2.59 bits per heavy atom. The average molecular weight is 237 g/mol. The molecule has 1 aromatic rings. The molecule has 0 amide bonds. The molecule has 0 aliphatic carbocycles. The van der Waals surface area contributed by atoms with Crippen LogP contribution in [0, 0.1) is 12.8 Å². The van der Waals surface area contributed by atoms with Crippen LogP contribution in [-0.2, 0) is 11.3 Å². The number of hydrogen-bond acceptors (Lipinski definition) is 3. The highest BCUT2D eigenvalue weighted by molar-refractivity contribution is 5.73. The van der Waals surface area contributed by atoms with Gasteiger partial charge < -0.3 is 10.2 Å². The normalized spacial score (nSPS) is 12.7. The number of carboxylic acid groups (broad SMARTS) is 1. The van der Waals surface area contributed by atoms with E-state index in [-0.39, 0.29) is 11.7 Å². The monoisotopic (exact) mass is 237 g/mol. The van der Waals surface area contributed by atoms with E-state index in [1.54, 1.807) is 6.07 Å². The van der Waals surface area contributed by atoms with E-state index in [4.69, 9.17) is 5.11 Å². The quantitative estimate of drug-likeness (QED) is 0.731. The van der Waals surface area contributed by atoms with Gasteiger partial charge in [0.15, 0.2) is 0 Å². The lowest BCUT2D eigenvalue weighted by Crippen LogP contribution is -2.40. The second-order valence-electron chi connectivity index (χ2n) is 4.57. The van der Waals surface area contributed by atoms with Crippen molar-refractivity contribution >= 4 is 5.97 Å². The van der Waals surface area contributed by atoms with Gasteiger partial charge in [-0.3, -0.25) is 10.1 Å². The fourth-order valence-electron chi connectivity index (χ4n) is 1.68. The zero-order valence-electron chi connectivity index (χ0n) is 10.4. The number of aromatic hydroxyl groups is 1. The van der Waals surface area contributed by atoms with Crippen molar-refractivity contribution in [2.24, 2.45) is 5.92 Å². The summed E-state index contributed by atoms with van der Waals surface area (Å²) in [5.74, 6) is -0.678. The summed E-state index contributed by atoms with van der Waals surface area (Å²) in [5, 5.41) is 21.6. The van der Waals surface area contributed by atoms with E-state index in [2.05, 4.69) is 5.32 Å². The molecule has 0 bridgehead atoms. The predicted octanol–water partition coefficient (Wildman–Crippen LogP) is 1.90. The molecule has 0 aliphatic heterocycles. The van der Waals surface area contributed by atoms with Crippen molar-refractivity contribution in [1.82, 2.24) is 5.32 Å². The van der Waals surface area contributed by atoms with Crippen LogP contribution < -0.4 is 5.32 Å². The molecule has 0 aromatic heterocycles. The molecule has 0 spiro atoms. The first-order valence-electron chi connectivity index (χ1n) is 5.66. The maximum atomic E-state index is 11.0. The summed E-state index contributed by atoms with van der Waals surface area (Å²) in [6.45, 7) is 5.98. The van der Waals surface area contributed by atoms with E-state index >= 15 is 0 Å². The second kappa shape index (κ2) is 5.68. The van der Waals surface area contributed by atoms with Crippen LogP contribution >= 0.6 is 0 Å². The Labute approximate surface area is 101 Å². The summed E-state index contributed by atoms with van der Waals surface area (Å²) in [6.07, 6.45) is 0. The summed E-state index contributed by atoms with van der Waals surface area (Å²) in [6, 6.07) is 4.68. The van der Waals surface area contributed by atoms with Gasteiger partial charge in [0.05, 0.1) is 0 Å². The molecule has 4 nitrogen and oxygen atoms in total. The number of carboxylic acids is 1. The molecule has 1 aromatic carbocycles. The van der Waals surface area contributed by atoms with Gasteiger partial charge in [0.1, 0.15) is 11.8 Å². The van der Waals surface area contributed by atoms with Gasteiger partial charge in [-0.2, -0.15) is 0 Å². The molecule has 0 heterocycles. The maximum Gasteiger partial charge on any atom is 0.320 e. The third kappa shape index (κ3) is 3.75. The van der Waals surface area contributed by atoms with E-state index < -0.39 is 12.0 Å². The molecule has 1 unspecified atom stereocenters. The highest BCUT2D eigenvalue weighted by Crippen LogP contribution is 2.18. The number of benzene rings is 1. The Morgan fingerprint density at radius 2 is 2.06 bits per heavy atom. The van der Waals surface area contributed by atoms with Crippen molar-refractivity contribution < 1.29 is 15.0 Å². The standard InChI is InChI=1S/C13H19NO3/c1-8(2)12(13(16)17)14-7-10-6-9(3)4-5-11(10)15/h4-6,8,12,14-15H,7H2,1-3H3,(H,16,17). The van der Waals surface area contributed by atoms with E-state index in [0.29, 0.717) is 6.54 Å². The van der Waals surface area contributed by atoms with Crippen molar-refractivity contribution in [3.63, 3.8) is 0 Å². The number of rotatable bonds is 5. The molecule has 3 N–H and O–H groups in total. The lowest BCUT2D eigenvalue weighted by atomic mass is 10.0. The molecule has 0 fully saturated rings. The third-order valence-electron chi connectivity index (χ3n) is 2.68. The molecule has 0 aliphatic rings. The molecule has 94 valence electrons. The largest absolute Gasteiger partial charge is 0.508 e. The first-order chi connectivity index (χ1) is 7.91. The molecule has 1 rings (SSSR count). The number of aryl methyl sites for hydroxylation is 1. The van der Waals surface area contributed by atoms with Gasteiger partial charge in [0, 0.05) is 12.1 Å². The van der Waals surface area contributed by atoms with Gasteiger partial charge in [0.2, 0.25) is 0 Å². The first-order valence-corrected chi connectivity index (χ1v) is 5.66. The second-order valence-corrected chi connectivity index (χ2v) is 4.57. The topological polar surface area (TPSA) is 69.6 Å². The highest BCUT2D eigenvalue weighted by atomic mass is 16.4. The smallest absolute Gasteiger partial charge is 0.320 e. The number of phenolic OH excluding ortho intramolecular Hbond substituents is 1. The van der Waals surface area contributed by atoms with Crippen LogP contribution in [0.3, 0.4) is 0 Å². The molecule has 1 atom stereocenters. The van der Waals surface area contributed by atoms with Crippen molar-refractivity contribution in [2.75, 3.05) is 0 Å². The molecule has 4 heteroatoms. The van der Waals surface area contributed by atoms with E-state index in [1.165, 1.54) is 0 Å². The summed E-state index contributed by atoms with van der Waals surface area (Å²) >= 11 is 0. The molecule has 0 radical (unpaired) electrons. The van der Waals surface area contributed by atoms with Gasteiger partial charge in [-0.05, 0) is 18.9 Å². The van der Waals surface area contributed by atoms with E-state index in [9.17, 15) is 9.90 Å². The van der Waals surface area contributed by atoms with Crippen LogP contribution in [0.1, 0.15) is 25.0 Å². The maximum absolute atomic E-state index is 11.0. The van der Waals surface area contributed by atoms with Gasteiger partial charge in [-0.25, -0.2) is 0 Å². The minimum atomic E-state index is -0.868. The Balaban J connectivity index is 2.72. The minimum Gasteiger partial charge on any atom is -0.508 e. The minimum absolute atomic E-state index is 0.000507. The van der Waals surface area contributed by atoms with Crippen molar-refractivity contribution in [3.8, 4) is 5.75 Å². The van der Waals surface area contributed by atoms with Gasteiger partial charge in [0.25, 0.3) is 0 Å². The lowest BCUT2D eigenvalue weighted by Gasteiger charge is -2.18. The fraction of sp³-hybridized carbons (Fsp3) is 0.462. The number of hydrogen-bond donors (Lipinski definition) is 3. The molecule has 17 heavy (non-hydrogen) atoms. The fourth-order valence-corrected chi connectivity index (χ4v) is 1.68. The van der Waals surface area contributed by atoms with Crippen LogP contribution in [0.15, 0.2) is 18.2 Å². The van der Waals surface area contributed by atoms with Crippen molar-refractivity contribution in [3.05, 3.63) is 29.3 Å². The Kier molecular flexibility index (Phi) is 4.52. The average Bonchev–Trinajstić information content (AvgIpc) is 2.22. The third-order valence-corrected chi connectivity index (χ3v) is 2.68. The van der Waals surface area contributed by atoms with Crippen LogP contribution in [-0.4, -0.2) is 22.2 Å². The van der Waals surface area contributed by atoms with Gasteiger partial charge in [-0.15, -0.1) is 0 Å². The molecule has 0 saturated carbocycles. The van der Waals surface area contributed by atoms with Gasteiger partial charge >= 0.3 is 5.97 Å². The zero-order valence-corrected chi connectivity index (χ0v) is 10.4. The van der Waals surface area contributed by atoms with Crippen LogP contribution in [0.5, 0.6) is 5.75 Å². The Hall–Kier alpha value is -1.55. The molecule has 0 saturated heterocycles. The van der Waals surface area contributed by atoms with Crippen LogP contribution in [0.4, 0.5) is 0 Å². The predicted molar refractivity (Wildman–Crippen MR) is 65.9 cm³/mol. The highest BCUT2D eigenvalue weighted by Gasteiger charge is 2.20. The van der Waals surface area contributed by atoms with Crippen molar-refractivity contribution in [1.29, 1.82) is 0 Å².